The number of amides is 1. The highest BCUT2D eigenvalue weighted by atomic mass is 35.5. The minimum atomic E-state index is -0.496. The third-order valence-corrected chi connectivity index (χ3v) is 3.13. The van der Waals surface area contributed by atoms with Gasteiger partial charge in [0.05, 0.1) is 6.04 Å². The van der Waals surface area contributed by atoms with Crippen molar-refractivity contribution in [2.45, 2.75) is 32.9 Å². The molecule has 3 N–H and O–H groups in total. The van der Waals surface area contributed by atoms with Crippen molar-refractivity contribution in [2.24, 2.45) is 11.7 Å². The molecule has 0 spiro atoms. The summed E-state index contributed by atoms with van der Waals surface area (Å²) in [5.41, 5.74) is 6.99. The van der Waals surface area contributed by atoms with E-state index >= 15 is 0 Å². The third kappa shape index (κ3) is 5.86. The van der Waals surface area contributed by atoms with Gasteiger partial charge in [-0.3, -0.25) is 4.79 Å². The lowest BCUT2D eigenvalue weighted by Crippen LogP contribution is -2.40. The van der Waals surface area contributed by atoms with Crippen LogP contribution in [-0.2, 0) is 11.3 Å². The van der Waals surface area contributed by atoms with E-state index in [0.717, 1.165) is 18.5 Å². The highest BCUT2D eigenvalue weighted by Gasteiger charge is 2.19. The van der Waals surface area contributed by atoms with Gasteiger partial charge in [-0.25, -0.2) is 4.98 Å². The Hall–Kier alpha value is -1.17. The molecule has 0 saturated heterocycles. The number of pyridine rings is 1. The van der Waals surface area contributed by atoms with Crippen LogP contribution in [-0.4, -0.2) is 35.9 Å². The molecule has 2 atom stereocenters. The van der Waals surface area contributed by atoms with Crippen LogP contribution in [0.1, 0.15) is 25.8 Å². The minimum absolute atomic E-state index is 0. The summed E-state index contributed by atoms with van der Waals surface area (Å²) in [5, 5.41) is 2.78. The molecule has 5 nitrogen and oxygen atoms in total. The molecule has 0 aliphatic carbocycles. The number of carbonyl (C=O) groups excluding carboxylic acids is 1. The molecule has 114 valence electrons. The average molecular weight is 301 g/mol. The van der Waals surface area contributed by atoms with Crippen molar-refractivity contribution in [2.75, 3.05) is 19.4 Å². The van der Waals surface area contributed by atoms with Crippen LogP contribution in [0.15, 0.2) is 18.3 Å². The van der Waals surface area contributed by atoms with E-state index in [2.05, 4.69) is 15.2 Å². The summed E-state index contributed by atoms with van der Waals surface area (Å²) >= 11 is 0. The Balaban J connectivity index is 0.00000361. The van der Waals surface area contributed by atoms with Crippen LogP contribution in [0.2, 0.25) is 0 Å². The van der Waals surface area contributed by atoms with Crippen LogP contribution in [0.25, 0.3) is 0 Å². The second-order valence-corrected chi connectivity index (χ2v) is 5.19. The zero-order chi connectivity index (χ0) is 14.4. The summed E-state index contributed by atoms with van der Waals surface area (Å²) in [6.45, 7) is 4.80. The molecule has 1 rings (SSSR count). The maximum absolute atomic E-state index is 12.0. The second-order valence-electron chi connectivity index (χ2n) is 5.19. The minimum Gasteiger partial charge on any atom is -0.320 e. The standard InChI is InChI=1S/C14H24N4O.ClH/c1-5-10(2)13(15)14(19)17-12-8-11(6-7-16-12)9-18(3)4;/h6-8,10,13H,5,9,15H2,1-4H3,(H,16,17,19);1H. The van der Waals surface area contributed by atoms with Gasteiger partial charge in [-0.05, 0) is 37.7 Å². The van der Waals surface area contributed by atoms with Crippen LogP contribution in [0.5, 0.6) is 0 Å². The molecule has 0 fully saturated rings. The molecule has 1 aromatic rings. The average Bonchev–Trinajstić information content (AvgIpc) is 2.36. The maximum atomic E-state index is 12.0. The molecule has 0 saturated carbocycles. The number of nitrogens with one attached hydrogen (secondary N) is 1. The van der Waals surface area contributed by atoms with Crippen LogP contribution < -0.4 is 11.1 Å². The molecule has 2 unspecified atom stereocenters. The summed E-state index contributed by atoms with van der Waals surface area (Å²) in [7, 11) is 4.00. The van der Waals surface area contributed by atoms with Gasteiger partial charge in [-0.15, -0.1) is 12.4 Å². The molecular weight excluding hydrogens is 276 g/mol. The third-order valence-electron chi connectivity index (χ3n) is 3.13. The van der Waals surface area contributed by atoms with Gasteiger partial charge in [0.25, 0.3) is 0 Å². The van der Waals surface area contributed by atoms with Gasteiger partial charge >= 0.3 is 0 Å². The molecule has 1 aromatic heterocycles. The van der Waals surface area contributed by atoms with Crippen molar-refractivity contribution in [3.63, 3.8) is 0 Å². The zero-order valence-electron chi connectivity index (χ0n) is 12.6. The van der Waals surface area contributed by atoms with Gasteiger partial charge in [0, 0.05) is 12.7 Å². The first-order chi connectivity index (χ1) is 8.93. The summed E-state index contributed by atoms with van der Waals surface area (Å²) < 4.78 is 0. The summed E-state index contributed by atoms with van der Waals surface area (Å²) in [5.74, 6) is 0.539. The number of aromatic nitrogens is 1. The topological polar surface area (TPSA) is 71.2 Å². The number of nitrogens with zero attached hydrogens (tertiary/aromatic N) is 2. The monoisotopic (exact) mass is 300 g/mol. The van der Waals surface area contributed by atoms with E-state index in [1.807, 2.05) is 40.1 Å². The quantitative estimate of drug-likeness (QED) is 0.841. The zero-order valence-corrected chi connectivity index (χ0v) is 13.4. The summed E-state index contributed by atoms with van der Waals surface area (Å²) in [6, 6.07) is 3.31. The maximum Gasteiger partial charge on any atom is 0.242 e. The van der Waals surface area contributed by atoms with Gasteiger partial charge in [0.1, 0.15) is 5.82 Å². The fraction of sp³-hybridized carbons (Fsp3) is 0.571. The Kier molecular flexibility index (Phi) is 8.37. The fourth-order valence-electron chi connectivity index (χ4n) is 1.73. The number of anilines is 1. The van der Waals surface area contributed by atoms with Gasteiger partial charge in [-0.1, -0.05) is 20.3 Å². The number of carbonyl (C=O) groups is 1. The van der Waals surface area contributed by atoms with Gasteiger partial charge in [0.15, 0.2) is 0 Å². The first-order valence-electron chi connectivity index (χ1n) is 6.60. The molecule has 0 aliphatic heterocycles. The Morgan fingerprint density at radius 3 is 2.70 bits per heavy atom. The van der Waals surface area contributed by atoms with Gasteiger partial charge in [0.2, 0.25) is 5.91 Å². The largest absolute Gasteiger partial charge is 0.320 e. The smallest absolute Gasteiger partial charge is 0.242 e. The van der Waals surface area contributed by atoms with Crippen molar-refractivity contribution >= 4 is 24.1 Å². The van der Waals surface area contributed by atoms with E-state index in [1.54, 1.807) is 6.20 Å². The SMILES string of the molecule is CCC(C)C(N)C(=O)Nc1cc(CN(C)C)ccn1.Cl. The van der Waals surface area contributed by atoms with E-state index in [0.29, 0.717) is 5.82 Å². The molecular formula is C14H25ClN4O. The van der Waals surface area contributed by atoms with Gasteiger partial charge < -0.3 is 16.0 Å². The Morgan fingerprint density at radius 2 is 2.15 bits per heavy atom. The number of hydrogen-bond acceptors (Lipinski definition) is 4. The van der Waals surface area contributed by atoms with Crippen molar-refractivity contribution in [1.29, 1.82) is 0 Å². The van der Waals surface area contributed by atoms with Crippen molar-refractivity contribution in [1.82, 2.24) is 9.88 Å². The highest BCUT2D eigenvalue weighted by molar-refractivity contribution is 5.94. The van der Waals surface area contributed by atoms with Crippen molar-refractivity contribution < 1.29 is 4.79 Å². The van der Waals surface area contributed by atoms with E-state index in [1.165, 1.54) is 0 Å². The molecule has 20 heavy (non-hydrogen) atoms. The lowest BCUT2D eigenvalue weighted by Gasteiger charge is -2.17. The predicted octanol–water partition coefficient (Wildman–Crippen LogP) is 1.88. The lowest BCUT2D eigenvalue weighted by molar-refractivity contribution is -0.118. The second kappa shape index (κ2) is 8.89. The van der Waals surface area contributed by atoms with E-state index in [-0.39, 0.29) is 24.2 Å². The Bertz CT molecular complexity index is 425. The van der Waals surface area contributed by atoms with E-state index < -0.39 is 6.04 Å². The van der Waals surface area contributed by atoms with Crippen molar-refractivity contribution in [3.05, 3.63) is 23.9 Å². The van der Waals surface area contributed by atoms with Crippen molar-refractivity contribution in [3.8, 4) is 0 Å². The lowest BCUT2D eigenvalue weighted by atomic mass is 9.99. The summed E-state index contributed by atoms with van der Waals surface area (Å²) in [6.07, 6.45) is 2.58. The fourth-order valence-corrected chi connectivity index (χ4v) is 1.73. The Labute approximate surface area is 127 Å². The molecule has 0 radical (unpaired) electrons. The Morgan fingerprint density at radius 1 is 1.50 bits per heavy atom. The molecule has 0 aliphatic rings. The normalized spacial score (nSPS) is 13.5. The molecule has 0 aromatic carbocycles. The number of rotatable bonds is 6. The van der Waals surface area contributed by atoms with Gasteiger partial charge in [-0.2, -0.15) is 0 Å². The molecule has 1 amide bonds. The number of halogens is 1. The van der Waals surface area contributed by atoms with Crippen LogP contribution in [0, 0.1) is 5.92 Å². The van der Waals surface area contributed by atoms with Crippen LogP contribution >= 0.6 is 12.4 Å². The van der Waals surface area contributed by atoms with Crippen LogP contribution in [0.4, 0.5) is 5.82 Å². The van der Waals surface area contributed by atoms with E-state index in [4.69, 9.17) is 5.73 Å². The molecule has 6 heteroatoms. The van der Waals surface area contributed by atoms with Crippen LogP contribution in [0.3, 0.4) is 0 Å². The van der Waals surface area contributed by atoms with E-state index in [9.17, 15) is 4.79 Å². The molecule has 1 heterocycles. The molecule has 0 bridgehead atoms. The first kappa shape index (κ1) is 18.8. The first-order valence-corrected chi connectivity index (χ1v) is 6.60. The summed E-state index contributed by atoms with van der Waals surface area (Å²) in [4.78, 5) is 18.2. The number of hydrogen-bond donors (Lipinski definition) is 2. The predicted molar refractivity (Wildman–Crippen MR) is 84.9 cm³/mol. The number of nitrogens with two attached hydrogens (primary N) is 1. The highest BCUT2D eigenvalue weighted by Crippen LogP contribution is 2.11.